The Morgan fingerprint density at radius 3 is 1.38 bits per heavy atom. The van der Waals surface area contributed by atoms with Gasteiger partial charge in [-0.25, -0.2) is 0 Å². The van der Waals surface area contributed by atoms with Crippen molar-refractivity contribution >= 4 is 7.85 Å². The van der Waals surface area contributed by atoms with E-state index < -0.39 is 0 Å². The summed E-state index contributed by atoms with van der Waals surface area (Å²) in [5.74, 6) is 0. The molecule has 0 spiro atoms. The Morgan fingerprint density at radius 2 is 1.38 bits per heavy atom. The molecule has 1 nitrogen and oxygen atoms in total. The van der Waals surface area contributed by atoms with Gasteiger partial charge >= 0.3 is 0 Å². The molecule has 0 rings (SSSR count). The monoisotopic (exact) mass is 114 g/mol. The maximum Gasteiger partial charge on any atom is 0.0649 e. The summed E-state index contributed by atoms with van der Waals surface area (Å²) in [5.41, 5.74) is 0. The highest BCUT2D eigenvalue weighted by Gasteiger charge is 1.64. The predicted molar refractivity (Wildman–Crippen MR) is 38.4 cm³/mol. The van der Waals surface area contributed by atoms with Crippen molar-refractivity contribution in [2.24, 2.45) is 0 Å². The molecule has 0 aromatic rings. The fraction of sp³-hybridized carbons (Fsp3) is 1.00. The van der Waals surface area contributed by atoms with Gasteiger partial charge in [0, 0.05) is 13.2 Å². The molecule has 0 amide bonds. The molecule has 48 valence electrons. The minimum atomic E-state index is 0.750. The van der Waals surface area contributed by atoms with Crippen LogP contribution < -0.4 is 0 Å². The van der Waals surface area contributed by atoms with Crippen LogP contribution in [0, 0.1) is 0 Å². The molecule has 0 aliphatic heterocycles. The number of hydrogen-bond acceptors (Lipinski definition) is 1. The van der Waals surface area contributed by atoms with E-state index in [0.717, 1.165) is 19.5 Å². The second-order valence-electron chi connectivity index (χ2n) is 1.19. The van der Waals surface area contributed by atoms with E-state index in [9.17, 15) is 0 Å². The van der Waals surface area contributed by atoms with E-state index in [-0.39, 0.29) is 0 Å². The van der Waals surface area contributed by atoms with Crippen molar-refractivity contribution < 1.29 is 4.74 Å². The first-order valence-corrected chi connectivity index (χ1v) is 3.11. The van der Waals surface area contributed by atoms with Crippen molar-refractivity contribution in [3.8, 4) is 0 Å². The second-order valence-corrected chi connectivity index (χ2v) is 1.19. The summed E-state index contributed by atoms with van der Waals surface area (Å²) in [5, 5.41) is 0. The molecule has 0 fully saturated rings. The lowest BCUT2D eigenvalue weighted by Crippen LogP contribution is -1.84. The van der Waals surface area contributed by atoms with Gasteiger partial charge in [0.1, 0.15) is 0 Å². The fourth-order valence-corrected chi connectivity index (χ4v) is 0.204. The molecule has 0 N–H and O–H groups in total. The van der Waals surface area contributed by atoms with E-state index in [2.05, 4.69) is 0 Å². The Balaban J connectivity index is 0. The maximum absolute atomic E-state index is 4.85. The zero-order valence-electron chi connectivity index (χ0n) is 6.11. The van der Waals surface area contributed by atoms with Gasteiger partial charge in [0.05, 0.1) is 7.85 Å². The fourth-order valence-electron chi connectivity index (χ4n) is 0.204. The standard InChI is InChI=1S/C4H10O.C2H5B/c1-3-5-4-2;1-2-3/h3-4H2,1-2H3;2H2,1H3. The Morgan fingerprint density at radius 1 is 1.12 bits per heavy atom. The number of ether oxygens (including phenoxy) is 1. The van der Waals surface area contributed by atoms with Crippen LogP contribution >= 0.6 is 0 Å². The Bertz CT molecular complexity index is 22.5. The van der Waals surface area contributed by atoms with Crippen LogP contribution in [0.5, 0.6) is 0 Å². The van der Waals surface area contributed by atoms with Gasteiger partial charge in [0.15, 0.2) is 0 Å². The molecule has 2 heteroatoms. The van der Waals surface area contributed by atoms with E-state index >= 15 is 0 Å². The van der Waals surface area contributed by atoms with Gasteiger partial charge in [-0.15, -0.1) is 0 Å². The molecule has 0 aromatic carbocycles. The lowest BCUT2D eigenvalue weighted by molar-refractivity contribution is 0.162. The predicted octanol–water partition coefficient (Wildman–Crippen LogP) is 1.64. The van der Waals surface area contributed by atoms with Crippen LogP contribution in [0.3, 0.4) is 0 Å². The van der Waals surface area contributed by atoms with Crippen LogP contribution in [0.2, 0.25) is 6.32 Å². The van der Waals surface area contributed by atoms with Gasteiger partial charge in [-0.3, -0.25) is 0 Å². The van der Waals surface area contributed by atoms with Crippen molar-refractivity contribution in [3.05, 3.63) is 0 Å². The van der Waals surface area contributed by atoms with Crippen molar-refractivity contribution in [2.45, 2.75) is 27.1 Å². The van der Waals surface area contributed by atoms with Crippen LogP contribution in [0.4, 0.5) is 0 Å². The highest BCUT2D eigenvalue weighted by molar-refractivity contribution is 6.08. The summed E-state index contributed by atoms with van der Waals surface area (Å²) >= 11 is 0. The van der Waals surface area contributed by atoms with Crippen LogP contribution in [-0.2, 0) is 4.74 Å². The Labute approximate surface area is 53.8 Å². The molecule has 0 aliphatic rings. The second kappa shape index (κ2) is 15.7. The molecule has 0 bridgehead atoms. The minimum Gasteiger partial charge on any atom is -0.382 e. The quantitative estimate of drug-likeness (QED) is 0.495. The average Bonchev–Trinajstić information content (AvgIpc) is 1.71. The normalized spacial score (nSPS) is 7.38. The molecular weight excluding hydrogens is 98.9 g/mol. The van der Waals surface area contributed by atoms with Gasteiger partial charge < -0.3 is 4.74 Å². The molecule has 0 unspecified atom stereocenters. The molecular formula is C6H15BO. The summed E-state index contributed by atoms with van der Waals surface area (Å²) < 4.78 is 4.83. The molecule has 0 saturated carbocycles. The molecule has 0 saturated heterocycles. The first kappa shape index (κ1) is 10.9. The maximum atomic E-state index is 4.85. The van der Waals surface area contributed by atoms with E-state index in [1.165, 1.54) is 0 Å². The molecule has 0 heterocycles. The molecule has 0 aromatic heterocycles. The van der Waals surface area contributed by atoms with Gasteiger partial charge in [0.2, 0.25) is 0 Å². The third-order valence-corrected chi connectivity index (χ3v) is 0.408. The summed E-state index contributed by atoms with van der Waals surface area (Å²) in [7, 11) is 4.85. The largest absolute Gasteiger partial charge is 0.382 e. The summed E-state index contributed by atoms with van der Waals surface area (Å²) in [6.45, 7) is 7.57. The van der Waals surface area contributed by atoms with Gasteiger partial charge in [-0.2, -0.15) is 0 Å². The van der Waals surface area contributed by atoms with Gasteiger partial charge in [0.25, 0.3) is 0 Å². The van der Waals surface area contributed by atoms with E-state index in [0.29, 0.717) is 0 Å². The lowest BCUT2D eigenvalue weighted by atomic mass is 10.1. The first-order chi connectivity index (χ1) is 3.83. The highest BCUT2D eigenvalue weighted by Crippen LogP contribution is 1.64. The van der Waals surface area contributed by atoms with Crippen molar-refractivity contribution in [1.29, 1.82) is 0 Å². The molecule has 2 radical (unpaired) electrons. The summed E-state index contributed by atoms with van der Waals surface area (Å²) in [6.07, 6.45) is 0.750. The van der Waals surface area contributed by atoms with Crippen LogP contribution in [-0.4, -0.2) is 21.1 Å². The van der Waals surface area contributed by atoms with E-state index in [1.807, 2.05) is 20.8 Å². The van der Waals surface area contributed by atoms with E-state index in [4.69, 9.17) is 12.6 Å². The van der Waals surface area contributed by atoms with E-state index in [1.54, 1.807) is 0 Å². The SMILES string of the molecule is CCOCC.[B]CC. The Kier molecular flexibility index (Phi) is 21.5. The number of hydrogen-bond donors (Lipinski definition) is 0. The lowest BCUT2D eigenvalue weighted by Gasteiger charge is -1.86. The summed E-state index contributed by atoms with van der Waals surface area (Å²) in [6, 6.07) is 0. The highest BCUT2D eigenvalue weighted by atomic mass is 16.5. The Hall–Kier alpha value is 0.0249. The van der Waals surface area contributed by atoms with Crippen molar-refractivity contribution in [1.82, 2.24) is 0 Å². The first-order valence-electron chi connectivity index (χ1n) is 3.11. The average molecular weight is 114 g/mol. The van der Waals surface area contributed by atoms with Gasteiger partial charge in [-0.1, -0.05) is 13.2 Å². The van der Waals surface area contributed by atoms with Crippen LogP contribution in [0.1, 0.15) is 20.8 Å². The number of rotatable bonds is 2. The van der Waals surface area contributed by atoms with Crippen molar-refractivity contribution in [3.63, 3.8) is 0 Å². The molecule has 0 aliphatic carbocycles. The smallest absolute Gasteiger partial charge is 0.0649 e. The van der Waals surface area contributed by atoms with Crippen LogP contribution in [0.15, 0.2) is 0 Å². The minimum absolute atomic E-state index is 0.750. The van der Waals surface area contributed by atoms with Crippen molar-refractivity contribution in [2.75, 3.05) is 13.2 Å². The van der Waals surface area contributed by atoms with Gasteiger partial charge in [-0.05, 0) is 13.8 Å². The molecule has 0 atom stereocenters. The van der Waals surface area contributed by atoms with Crippen LogP contribution in [0.25, 0.3) is 0 Å². The zero-order chi connectivity index (χ0) is 6.83. The third-order valence-electron chi connectivity index (χ3n) is 0.408. The molecule has 8 heavy (non-hydrogen) atoms. The zero-order valence-corrected chi connectivity index (χ0v) is 6.11. The third kappa shape index (κ3) is 37.1. The topological polar surface area (TPSA) is 9.23 Å². The summed E-state index contributed by atoms with van der Waals surface area (Å²) in [4.78, 5) is 0.